The van der Waals surface area contributed by atoms with Crippen molar-refractivity contribution in [2.75, 3.05) is 26.7 Å². The van der Waals surface area contributed by atoms with Crippen molar-refractivity contribution >= 4 is 16.7 Å². The molecule has 134 valence electrons. The zero-order chi connectivity index (χ0) is 17.9. The molecule has 1 aromatic heterocycles. The molecule has 0 amide bonds. The molecule has 3 aromatic rings. The second kappa shape index (κ2) is 7.44. The third-order valence-electron chi connectivity index (χ3n) is 5.00. The summed E-state index contributed by atoms with van der Waals surface area (Å²) in [5.41, 5.74) is 3.72. The number of fused-ring (bicyclic) bond motifs is 1. The summed E-state index contributed by atoms with van der Waals surface area (Å²) < 4.78 is 5.70. The molecule has 1 atom stereocenters. The van der Waals surface area contributed by atoms with E-state index in [1.165, 1.54) is 0 Å². The normalized spacial score (nSPS) is 17.2. The first-order chi connectivity index (χ1) is 12.7. The number of hydrogen-bond acceptors (Lipinski definition) is 3. The summed E-state index contributed by atoms with van der Waals surface area (Å²) in [5.74, 6) is 0.141. The molecule has 1 saturated heterocycles. The van der Waals surface area contributed by atoms with E-state index >= 15 is 0 Å². The maximum absolute atomic E-state index is 13.2. The third-order valence-corrected chi connectivity index (χ3v) is 5.00. The summed E-state index contributed by atoms with van der Waals surface area (Å²) in [5, 5.41) is 0.988. The van der Waals surface area contributed by atoms with E-state index in [-0.39, 0.29) is 11.9 Å². The lowest BCUT2D eigenvalue weighted by Crippen LogP contribution is -2.33. The lowest BCUT2D eigenvalue weighted by atomic mass is 10.0. The smallest absolute Gasteiger partial charge is 0.179 e. The van der Waals surface area contributed by atoms with Crippen molar-refractivity contribution in [3.8, 4) is 11.3 Å². The predicted molar refractivity (Wildman–Crippen MR) is 105 cm³/mol. The third kappa shape index (κ3) is 3.43. The number of likely N-dealkylation sites (N-methyl/N-ethyl adjacent to an activating group) is 1. The maximum atomic E-state index is 13.2. The number of nitrogens with one attached hydrogen (secondary N) is 1. The molecule has 4 nitrogen and oxygen atoms in total. The van der Waals surface area contributed by atoms with Crippen LogP contribution in [0.2, 0.25) is 0 Å². The van der Waals surface area contributed by atoms with Gasteiger partial charge in [-0.15, -0.1) is 0 Å². The fourth-order valence-corrected chi connectivity index (χ4v) is 3.78. The number of carbonyl (C=O) groups is 1. The molecule has 2 heterocycles. The molecule has 1 fully saturated rings. The number of para-hydroxylation sites is 1. The van der Waals surface area contributed by atoms with Gasteiger partial charge in [0.15, 0.2) is 5.78 Å². The fraction of sp³-hybridized carbons (Fsp3) is 0.318. The number of hydrogen-bond donors (Lipinski definition) is 1. The topological polar surface area (TPSA) is 45.3 Å². The van der Waals surface area contributed by atoms with Crippen LogP contribution in [0.25, 0.3) is 22.2 Å². The molecule has 26 heavy (non-hydrogen) atoms. The zero-order valence-electron chi connectivity index (χ0n) is 15.1. The van der Waals surface area contributed by atoms with Crippen molar-refractivity contribution in [2.45, 2.75) is 18.9 Å². The van der Waals surface area contributed by atoms with E-state index in [2.05, 4.69) is 9.88 Å². The Labute approximate surface area is 153 Å². The Morgan fingerprint density at radius 1 is 1.15 bits per heavy atom. The molecular weight excluding hydrogens is 324 g/mol. The SMILES string of the molecule is CN(CC(=O)c1c(-c2ccccc2)[nH]c2ccccc12)CC1CCCO1. The van der Waals surface area contributed by atoms with E-state index in [0.717, 1.165) is 53.7 Å². The van der Waals surface area contributed by atoms with Crippen LogP contribution < -0.4 is 0 Å². The van der Waals surface area contributed by atoms with Crippen molar-refractivity contribution in [3.05, 3.63) is 60.2 Å². The summed E-state index contributed by atoms with van der Waals surface area (Å²) in [4.78, 5) is 18.7. The molecule has 0 saturated carbocycles. The molecule has 0 aliphatic carbocycles. The lowest BCUT2D eigenvalue weighted by Gasteiger charge is -2.19. The second-order valence-corrected chi connectivity index (χ2v) is 7.04. The Morgan fingerprint density at radius 2 is 1.92 bits per heavy atom. The standard InChI is InChI=1S/C22H24N2O2/c1-24(14-17-10-7-13-26-17)15-20(25)21-18-11-5-6-12-19(18)23-22(21)16-8-3-2-4-9-16/h2-6,8-9,11-12,17,23H,7,10,13-15H2,1H3. The molecule has 4 rings (SSSR count). The first-order valence-corrected chi connectivity index (χ1v) is 9.22. The van der Waals surface area contributed by atoms with Crippen LogP contribution in [-0.4, -0.2) is 48.5 Å². The summed E-state index contributed by atoms with van der Waals surface area (Å²) >= 11 is 0. The maximum Gasteiger partial charge on any atom is 0.179 e. The van der Waals surface area contributed by atoms with Gasteiger partial charge in [-0.2, -0.15) is 0 Å². The van der Waals surface area contributed by atoms with Crippen LogP contribution in [0.1, 0.15) is 23.2 Å². The summed E-state index contributed by atoms with van der Waals surface area (Å²) in [6.07, 6.45) is 2.46. The molecule has 1 N–H and O–H groups in total. The van der Waals surface area contributed by atoms with E-state index in [9.17, 15) is 4.79 Å². The molecule has 1 aliphatic rings. The van der Waals surface area contributed by atoms with E-state index < -0.39 is 0 Å². The monoisotopic (exact) mass is 348 g/mol. The number of ether oxygens (including phenoxy) is 1. The Hall–Kier alpha value is -2.43. The van der Waals surface area contributed by atoms with Crippen molar-refractivity contribution < 1.29 is 9.53 Å². The van der Waals surface area contributed by atoms with Crippen LogP contribution in [0.4, 0.5) is 0 Å². The Morgan fingerprint density at radius 3 is 2.69 bits per heavy atom. The quantitative estimate of drug-likeness (QED) is 0.681. The molecule has 0 radical (unpaired) electrons. The highest BCUT2D eigenvalue weighted by molar-refractivity contribution is 6.14. The number of H-pyrrole nitrogens is 1. The zero-order valence-corrected chi connectivity index (χ0v) is 15.1. The summed E-state index contributed by atoms with van der Waals surface area (Å²) in [6.45, 7) is 2.03. The van der Waals surface area contributed by atoms with Crippen LogP contribution in [0.3, 0.4) is 0 Å². The second-order valence-electron chi connectivity index (χ2n) is 7.04. The summed E-state index contributed by atoms with van der Waals surface area (Å²) in [7, 11) is 2.00. The van der Waals surface area contributed by atoms with Gasteiger partial charge in [0, 0.05) is 24.1 Å². The van der Waals surface area contributed by atoms with Crippen molar-refractivity contribution in [3.63, 3.8) is 0 Å². The molecule has 4 heteroatoms. The number of carbonyl (C=O) groups excluding carboxylic acids is 1. The fourth-order valence-electron chi connectivity index (χ4n) is 3.78. The van der Waals surface area contributed by atoms with Gasteiger partial charge in [0.05, 0.1) is 23.9 Å². The van der Waals surface area contributed by atoms with Gasteiger partial charge in [0.25, 0.3) is 0 Å². The number of benzene rings is 2. The molecule has 1 unspecified atom stereocenters. The highest BCUT2D eigenvalue weighted by Gasteiger charge is 2.23. The van der Waals surface area contributed by atoms with Gasteiger partial charge in [-0.05, 0) is 31.5 Å². The minimum Gasteiger partial charge on any atom is -0.377 e. The van der Waals surface area contributed by atoms with Gasteiger partial charge in [-0.3, -0.25) is 9.69 Å². The Bertz CT molecular complexity index is 895. The van der Waals surface area contributed by atoms with Gasteiger partial charge < -0.3 is 9.72 Å². The van der Waals surface area contributed by atoms with Gasteiger partial charge in [-0.1, -0.05) is 48.5 Å². The average molecular weight is 348 g/mol. The number of ketones is 1. The van der Waals surface area contributed by atoms with Crippen molar-refractivity contribution in [1.29, 1.82) is 0 Å². The number of aromatic nitrogens is 1. The van der Waals surface area contributed by atoms with Gasteiger partial charge in [0.1, 0.15) is 0 Å². The van der Waals surface area contributed by atoms with Crippen LogP contribution >= 0.6 is 0 Å². The number of aromatic amines is 1. The van der Waals surface area contributed by atoms with Crippen molar-refractivity contribution in [2.24, 2.45) is 0 Å². The van der Waals surface area contributed by atoms with E-state index in [1.54, 1.807) is 0 Å². The minimum absolute atomic E-state index is 0.141. The van der Waals surface area contributed by atoms with Crippen LogP contribution in [-0.2, 0) is 4.74 Å². The van der Waals surface area contributed by atoms with Crippen LogP contribution in [0.5, 0.6) is 0 Å². The number of nitrogens with zero attached hydrogens (tertiary/aromatic N) is 1. The molecular formula is C22H24N2O2. The highest BCUT2D eigenvalue weighted by atomic mass is 16.5. The average Bonchev–Trinajstić information content (AvgIpc) is 3.29. The van der Waals surface area contributed by atoms with Gasteiger partial charge in [0.2, 0.25) is 0 Å². The van der Waals surface area contributed by atoms with Gasteiger partial charge >= 0.3 is 0 Å². The molecule has 2 aromatic carbocycles. The Kier molecular flexibility index (Phi) is 4.87. The molecule has 1 aliphatic heterocycles. The number of rotatable bonds is 6. The first-order valence-electron chi connectivity index (χ1n) is 9.22. The summed E-state index contributed by atoms with van der Waals surface area (Å²) in [6, 6.07) is 18.1. The first kappa shape index (κ1) is 17.0. The van der Waals surface area contributed by atoms with Crippen molar-refractivity contribution in [1.82, 2.24) is 9.88 Å². The highest BCUT2D eigenvalue weighted by Crippen LogP contribution is 2.30. The van der Waals surface area contributed by atoms with Crippen LogP contribution in [0, 0.1) is 0 Å². The van der Waals surface area contributed by atoms with Crippen LogP contribution in [0.15, 0.2) is 54.6 Å². The van der Waals surface area contributed by atoms with E-state index in [4.69, 9.17) is 4.74 Å². The minimum atomic E-state index is 0.141. The number of Topliss-reactive ketones (excluding diaryl/α,β-unsaturated/α-hetero) is 1. The molecule has 0 spiro atoms. The molecule has 0 bridgehead atoms. The lowest BCUT2D eigenvalue weighted by molar-refractivity contribution is 0.0741. The van der Waals surface area contributed by atoms with E-state index in [0.29, 0.717) is 6.54 Å². The van der Waals surface area contributed by atoms with E-state index in [1.807, 2.05) is 61.6 Å². The predicted octanol–water partition coefficient (Wildman–Crippen LogP) is 4.13. The van der Waals surface area contributed by atoms with Gasteiger partial charge in [-0.25, -0.2) is 0 Å². The largest absolute Gasteiger partial charge is 0.377 e. The Balaban J connectivity index is 1.64.